The highest BCUT2D eigenvalue weighted by molar-refractivity contribution is 9.10. The third kappa shape index (κ3) is 1.35. The van der Waals surface area contributed by atoms with E-state index in [1.165, 1.54) is 6.07 Å². The topological polar surface area (TPSA) is 76.5 Å². The fourth-order valence-electron chi connectivity index (χ4n) is 1.19. The summed E-state index contributed by atoms with van der Waals surface area (Å²) in [5.74, 6) is -1.17. The second-order valence-corrected chi connectivity index (χ2v) is 3.68. The summed E-state index contributed by atoms with van der Waals surface area (Å²) >= 11 is 3.23. The Hall–Kier alpha value is -1.49. The molecule has 3 N–H and O–H groups in total. The number of nitrogen functional groups attached to an aromatic ring is 1. The SMILES string of the molecule is Nc1cc2cc(C(=O)O)oc2cc1Br. The summed E-state index contributed by atoms with van der Waals surface area (Å²) in [7, 11) is 0. The van der Waals surface area contributed by atoms with Crippen LogP contribution in [0.1, 0.15) is 10.6 Å². The molecular formula is C9H6BrNO3. The number of aromatic carboxylic acids is 1. The second kappa shape index (κ2) is 3.02. The van der Waals surface area contributed by atoms with Crippen molar-refractivity contribution in [2.75, 3.05) is 5.73 Å². The fraction of sp³-hybridized carbons (Fsp3) is 0. The minimum Gasteiger partial charge on any atom is -0.475 e. The molecule has 1 aromatic carbocycles. The number of benzene rings is 1. The molecule has 0 amide bonds. The van der Waals surface area contributed by atoms with E-state index in [1.54, 1.807) is 12.1 Å². The second-order valence-electron chi connectivity index (χ2n) is 2.83. The fourth-order valence-corrected chi connectivity index (χ4v) is 1.51. The normalized spacial score (nSPS) is 10.6. The average Bonchev–Trinajstić information content (AvgIpc) is 2.48. The summed E-state index contributed by atoms with van der Waals surface area (Å²) in [6.07, 6.45) is 0. The first-order chi connectivity index (χ1) is 6.58. The predicted molar refractivity (Wildman–Crippen MR) is 55.3 cm³/mol. The van der Waals surface area contributed by atoms with E-state index in [-0.39, 0.29) is 5.76 Å². The molecule has 2 rings (SSSR count). The molecule has 0 saturated carbocycles. The molecule has 4 nitrogen and oxygen atoms in total. The Morgan fingerprint density at radius 1 is 1.43 bits per heavy atom. The van der Waals surface area contributed by atoms with Gasteiger partial charge in [0.15, 0.2) is 0 Å². The zero-order valence-electron chi connectivity index (χ0n) is 6.95. The number of rotatable bonds is 1. The van der Waals surface area contributed by atoms with Crippen LogP contribution in [0.4, 0.5) is 5.69 Å². The summed E-state index contributed by atoms with van der Waals surface area (Å²) in [6, 6.07) is 4.76. The molecule has 14 heavy (non-hydrogen) atoms. The summed E-state index contributed by atoms with van der Waals surface area (Å²) in [4.78, 5) is 10.6. The molecule has 2 aromatic rings. The molecule has 0 atom stereocenters. The van der Waals surface area contributed by atoms with Crippen molar-refractivity contribution in [1.82, 2.24) is 0 Å². The maximum atomic E-state index is 10.6. The largest absolute Gasteiger partial charge is 0.475 e. The van der Waals surface area contributed by atoms with Crippen LogP contribution in [-0.2, 0) is 0 Å². The standard InChI is InChI=1S/C9H6BrNO3/c10-5-3-7-4(1-6(5)11)2-8(14-7)9(12)13/h1-3H,11H2,(H,12,13). The Balaban J connectivity index is 2.72. The van der Waals surface area contributed by atoms with Crippen molar-refractivity contribution in [3.8, 4) is 0 Å². The highest BCUT2D eigenvalue weighted by Crippen LogP contribution is 2.28. The van der Waals surface area contributed by atoms with Crippen LogP contribution in [0, 0.1) is 0 Å². The highest BCUT2D eigenvalue weighted by atomic mass is 79.9. The third-order valence-electron chi connectivity index (χ3n) is 1.85. The van der Waals surface area contributed by atoms with E-state index in [0.29, 0.717) is 21.1 Å². The molecule has 0 radical (unpaired) electrons. The van der Waals surface area contributed by atoms with Crippen LogP contribution in [0.2, 0.25) is 0 Å². The Morgan fingerprint density at radius 2 is 2.14 bits per heavy atom. The molecule has 0 spiro atoms. The molecule has 0 saturated heterocycles. The first-order valence-electron chi connectivity index (χ1n) is 3.80. The van der Waals surface area contributed by atoms with Crippen molar-refractivity contribution in [3.05, 3.63) is 28.4 Å². The van der Waals surface area contributed by atoms with Crippen LogP contribution < -0.4 is 5.73 Å². The van der Waals surface area contributed by atoms with Crippen molar-refractivity contribution in [1.29, 1.82) is 0 Å². The summed E-state index contributed by atoms with van der Waals surface area (Å²) in [5.41, 5.74) is 6.69. The Kier molecular flexibility index (Phi) is 1.96. The number of nitrogens with two attached hydrogens (primary N) is 1. The number of anilines is 1. The van der Waals surface area contributed by atoms with E-state index in [0.717, 1.165) is 0 Å². The Morgan fingerprint density at radius 3 is 2.79 bits per heavy atom. The molecule has 0 aliphatic rings. The maximum absolute atomic E-state index is 10.6. The molecule has 1 aromatic heterocycles. The van der Waals surface area contributed by atoms with Gasteiger partial charge >= 0.3 is 5.97 Å². The van der Waals surface area contributed by atoms with Gasteiger partial charge in [0.1, 0.15) is 5.58 Å². The van der Waals surface area contributed by atoms with Crippen molar-refractivity contribution in [3.63, 3.8) is 0 Å². The number of carbonyl (C=O) groups is 1. The van der Waals surface area contributed by atoms with Crippen molar-refractivity contribution >= 4 is 38.6 Å². The molecule has 0 aliphatic heterocycles. The van der Waals surface area contributed by atoms with Crippen LogP contribution in [0.3, 0.4) is 0 Å². The van der Waals surface area contributed by atoms with Crippen LogP contribution in [0.5, 0.6) is 0 Å². The van der Waals surface area contributed by atoms with Crippen LogP contribution in [0.25, 0.3) is 11.0 Å². The Labute approximate surface area is 87.4 Å². The van der Waals surface area contributed by atoms with Gasteiger partial charge in [-0.3, -0.25) is 0 Å². The van der Waals surface area contributed by atoms with Crippen LogP contribution in [0.15, 0.2) is 27.1 Å². The molecule has 72 valence electrons. The molecule has 5 heteroatoms. The minimum atomic E-state index is -1.09. The first-order valence-corrected chi connectivity index (χ1v) is 4.59. The lowest BCUT2D eigenvalue weighted by Gasteiger charge is -1.95. The van der Waals surface area contributed by atoms with E-state index in [4.69, 9.17) is 15.3 Å². The molecule has 0 aliphatic carbocycles. The highest BCUT2D eigenvalue weighted by Gasteiger charge is 2.11. The van der Waals surface area contributed by atoms with Gasteiger partial charge in [-0.1, -0.05) is 0 Å². The monoisotopic (exact) mass is 255 g/mol. The number of furan rings is 1. The van der Waals surface area contributed by atoms with Crippen molar-refractivity contribution < 1.29 is 14.3 Å². The summed E-state index contributed by atoms with van der Waals surface area (Å²) in [5, 5.41) is 9.37. The predicted octanol–water partition coefficient (Wildman–Crippen LogP) is 2.48. The van der Waals surface area contributed by atoms with Crippen LogP contribution in [-0.4, -0.2) is 11.1 Å². The number of fused-ring (bicyclic) bond motifs is 1. The summed E-state index contributed by atoms with van der Waals surface area (Å²) in [6.45, 7) is 0. The lowest BCUT2D eigenvalue weighted by molar-refractivity contribution is 0.0665. The van der Waals surface area contributed by atoms with Gasteiger partial charge in [0, 0.05) is 15.5 Å². The smallest absolute Gasteiger partial charge is 0.371 e. The quantitative estimate of drug-likeness (QED) is 0.768. The third-order valence-corrected chi connectivity index (χ3v) is 2.53. The van der Waals surface area contributed by atoms with Gasteiger partial charge in [-0.15, -0.1) is 0 Å². The van der Waals surface area contributed by atoms with E-state index < -0.39 is 5.97 Å². The molecule has 0 fully saturated rings. The number of carboxylic acids is 1. The van der Waals surface area contributed by atoms with E-state index >= 15 is 0 Å². The van der Waals surface area contributed by atoms with E-state index in [1.807, 2.05) is 0 Å². The molecular weight excluding hydrogens is 250 g/mol. The van der Waals surface area contributed by atoms with Gasteiger partial charge in [0.25, 0.3) is 0 Å². The zero-order valence-corrected chi connectivity index (χ0v) is 8.54. The van der Waals surface area contributed by atoms with Crippen molar-refractivity contribution in [2.24, 2.45) is 0 Å². The van der Waals surface area contributed by atoms with Crippen LogP contribution >= 0.6 is 15.9 Å². The first kappa shape index (κ1) is 9.08. The molecule has 0 unspecified atom stereocenters. The minimum absolute atomic E-state index is 0.0856. The number of carboxylic acid groups (broad SMARTS) is 1. The Bertz CT molecular complexity index is 479. The average molecular weight is 256 g/mol. The molecule has 1 heterocycles. The summed E-state index contributed by atoms with van der Waals surface area (Å²) < 4.78 is 5.77. The van der Waals surface area contributed by atoms with Gasteiger partial charge in [-0.05, 0) is 34.1 Å². The van der Waals surface area contributed by atoms with Crippen molar-refractivity contribution in [2.45, 2.75) is 0 Å². The van der Waals surface area contributed by atoms with Gasteiger partial charge in [0.05, 0.1) is 0 Å². The van der Waals surface area contributed by atoms with Gasteiger partial charge in [0.2, 0.25) is 5.76 Å². The zero-order chi connectivity index (χ0) is 10.3. The number of hydrogen-bond acceptors (Lipinski definition) is 3. The van der Waals surface area contributed by atoms with Gasteiger partial charge < -0.3 is 15.3 Å². The van der Waals surface area contributed by atoms with Gasteiger partial charge in [-0.25, -0.2) is 4.79 Å². The van der Waals surface area contributed by atoms with Gasteiger partial charge in [-0.2, -0.15) is 0 Å². The molecule has 0 bridgehead atoms. The lowest BCUT2D eigenvalue weighted by atomic mass is 10.2. The number of halogens is 1. The van der Waals surface area contributed by atoms with E-state index in [2.05, 4.69) is 15.9 Å². The number of hydrogen-bond donors (Lipinski definition) is 2. The van der Waals surface area contributed by atoms with E-state index in [9.17, 15) is 4.79 Å². The maximum Gasteiger partial charge on any atom is 0.371 e. The lowest BCUT2D eigenvalue weighted by Crippen LogP contribution is -1.91.